The molecule has 3 nitrogen and oxygen atoms in total. The minimum absolute atomic E-state index is 0.105. The topological polar surface area (TPSA) is 27.7 Å². The molecule has 122 valence electrons. The Morgan fingerprint density at radius 2 is 0.913 bits per heavy atom. The third-order valence-corrected chi connectivity index (χ3v) is 4.37. The van der Waals surface area contributed by atoms with E-state index in [1.54, 1.807) is 21.3 Å². The maximum absolute atomic E-state index is 5.91. The Morgan fingerprint density at radius 3 is 1.13 bits per heavy atom. The van der Waals surface area contributed by atoms with Crippen LogP contribution in [0.25, 0.3) is 0 Å². The summed E-state index contributed by atoms with van der Waals surface area (Å²) in [4.78, 5) is 0. The maximum Gasteiger partial charge on any atom is 0.362 e. The summed E-state index contributed by atoms with van der Waals surface area (Å²) in [6, 6.07) is 8.23. The van der Waals surface area contributed by atoms with E-state index in [1.165, 1.54) is 33.2 Å². The van der Waals surface area contributed by atoms with Crippen molar-refractivity contribution in [3.05, 3.63) is 46.5 Å². The van der Waals surface area contributed by atoms with E-state index >= 15 is 0 Å². The first-order chi connectivity index (χ1) is 10.9. The van der Waals surface area contributed by atoms with Crippen LogP contribution in [0.1, 0.15) is 22.3 Å². The lowest BCUT2D eigenvalue weighted by atomic mass is 9.51. The molecule has 0 heterocycles. The zero-order valence-electron chi connectivity index (χ0n) is 15.1. The Labute approximate surface area is 139 Å². The van der Waals surface area contributed by atoms with Crippen molar-refractivity contribution in [1.29, 1.82) is 0 Å². The highest BCUT2D eigenvalue weighted by atomic mass is 16.5. The van der Waals surface area contributed by atoms with Gasteiger partial charge in [0.2, 0.25) is 0 Å². The molecule has 0 amide bonds. The van der Waals surface area contributed by atoms with Gasteiger partial charge in [0.25, 0.3) is 0 Å². The minimum Gasteiger partial charge on any atom is -0.497 e. The minimum atomic E-state index is -0.105. The number of benzene rings is 2. The lowest BCUT2D eigenvalue weighted by Gasteiger charge is -2.22. The molecule has 0 aliphatic heterocycles. The van der Waals surface area contributed by atoms with E-state index in [2.05, 4.69) is 52.0 Å². The summed E-state index contributed by atoms with van der Waals surface area (Å²) in [5.41, 5.74) is 7.08. The summed E-state index contributed by atoms with van der Waals surface area (Å²) in [7, 11) is 5.15. The van der Waals surface area contributed by atoms with Gasteiger partial charge in [-0.1, -0.05) is 0 Å². The number of rotatable bonds is 5. The average molecular weight is 312 g/mol. The van der Waals surface area contributed by atoms with E-state index in [9.17, 15) is 0 Å². The predicted molar refractivity (Wildman–Crippen MR) is 97.0 cm³/mol. The first kappa shape index (κ1) is 17.4. The second kappa shape index (κ2) is 7.09. The quantitative estimate of drug-likeness (QED) is 0.795. The largest absolute Gasteiger partial charge is 0.497 e. The molecule has 0 bridgehead atoms. The highest BCUT2D eigenvalue weighted by Gasteiger charge is 2.28. The Bertz CT molecular complexity index is 604. The van der Waals surface area contributed by atoms with Crippen LogP contribution in [0.2, 0.25) is 0 Å². The van der Waals surface area contributed by atoms with Crippen LogP contribution in [-0.4, -0.2) is 28.2 Å². The highest BCUT2D eigenvalue weighted by Crippen LogP contribution is 2.18. The second-order valence-electron chi connectivity index (χ2n) is 5.97. The SMILES string of the molecule is COB(c1c(C)cc(OC)cc1C)c1c(C)cc(OC)cc1C. The lowest BCUT2D eigenvalue weighted by Crippen LogP contribution is -2.49. The van der Waals surface area contributed by atoms with Crippen LogP contribution in [0.5, 0.6) is 11.5 Å². The van der Waals surface area contributed by atoms with Crippen molar-refractivity contribution in [2.24, 2.45) is 0 Å². The van der Waals surface area contributed by atoms with Crippen molar-refractivity contribution in [3.8, 4) is 11.5 Å². The van der Waals surface area contributed by atoms with Gasteiger partial charge >= 0.3 is 6.92 Å². The molecule has 0 saturated carbocycles. The fourth-order valence-electron chi connectivity index (χ4n) is 3.31. The lowest BCUT2D eigenvalue weighted by molar-refractivity contribution is 0.414. The summed E-state index contributed by atoms with van der Waals surface area (Å²) in [6.07, 6.45) is 0. The molecule has 2 aromatic carbocycles. The molecule has 0 spiro atoms. The Balaban J connectivity index is 2.62. The fraction of sp³-hybridized carbons (Fsp3) is 0.368. The highest BCUT2D eigenvalue weighted by molar-refractivity contribution is 6.81. The van der Waals surface area contributed by atoms with Crippen LogP contribution in [0.15, 0.2) is 24.3 Å². The molecule has 0 aliphatic carbocycles. The maximum atomic E-state index is 5.91. The van der Waals surface area contributed by atoms with Crippen LogP contribution < -0.4 is 20.4 Å². The van der Waals surface area contributed by atoms with Crippen molar-refractivity contribution in [1.82, 2.24) is 0 Å². The molecular formula is C19H25BO3. The number of ether oxygens (including phenoxy) is 2. The number of hydrogen-bond donors (Lipinski definition) is 0. The Hall–Kier alpha value is -1.94. The summed E-state index contributed by atoms with van der Waals surface area (Å²) >= 11 is 0. The summed E-state index contributed by atoms with van der Waals surface area (Å²) in [5, 5.41) is 0. The van der Waals surface area contributed by atoms with Gasteiger partial charge in [-0.2, -0.15) is 0 Å². The molecule has 4 heteroatoms. The van der Waals surface area contributed by atoms with Crippen LogP contribution in [0.4, 0.5) is 0 Å². The third-order valence-electron chi connectivity index (χ3n) is 4.37. The molecule has 0 fully saturated rings. The van der Waals surface area contributed by atoms with Gasteiger partial charge < -0.3 is 14.1 Å². The predicted octanol–water partition coefficient (Wildman–Crippen LogP) is 2.69. The summed E-state index contributed by atoms with van der Waals surface area (Å²) in [6.45, 7) is 8.30. The molecule has 2 aromatic rings. The van der Waals surface area contributed by atoms with E-state index < -0.39 is 0 Å². The van der Waals surface area contributed by atoms with Crippen LogP contribution >= 0.6 is 0 Å². The van der Waals surface area contributed by atoms with Gasteiger partial charge in [0, 0.05) is 7.11 Å². The molecule has 0 N–H and O–H groups in total. The molecule has 23 heavy (non-hydrogen) atoms. The van der Waals surface area contributed by atoms with Crippen LogP contribution in [0, 0.1) is 27.7 Å². The van der Waals surface area contributed by atoms with Gasteiger partial charge in [-0.3, -0.25) is 0 Å². The zero-order valence-corrected chi connectivity index (χ0v) is 15.1. The number of hydrogen-bond acceptors (Lipinski definition) is 3. The number of aryl methyl sites for hydroxylation is 4. The number of methoxy groups -OCH3 is 2. The standard InChI is InChI=1S/C19H25BO3/c1-12-8-16(21-5)9-13(2)18(12)20(23-7)19-14(3)10-17(22-6)11-15(19)4/h8-11H,1-7H3. The van der Waals surface area contributed by atoms with Gasteiger partial charge in [-0.15, -0.1) is 0 Å². The Morgan fingerprint density at radius 1 is 0.609 bits per heavy atom. The van der Waals surface area contributed by atoms with Gasteiger partial charge in [-0.25, -0.2) is 0 Å². The average Bonchev–Trinajstić information content (AvgIpc) is 2.51. The first-order valence-corrected chi connectivity index (χ1v) is 7.76. The monoisotopic (exact) mass is 312 g/mol. The first-order valence-electron chi connectivity index (χ1n) is 7.76. The van der Waals surface area contributed by atoms with Crippen LogP contribution in [0.3, 0.4) is 0 Å². The van der Waals surface area contributed by atoms with Gasteiger partial charge in [0.15, 0.2) is 0 Å². The van der Waals surface area contributed by atoms with E-state index in [1.807, 2.05) is 0 Å². The molecule has 0 aromatic heterocycles. The normalized spacial score (nSPS) is 10.6. The molecule has 0 atom stereocenters. The smallest absolute Gasteiger partial charge is 0.362 e. The molecule has 0 radical (unpaired) electrons. The van der Waals surface area contributed by atoms with Crippen LogP contribution in [-0.2, 0) is 4.65 Å². The fourth-order valence-corrected chi connectivity index (χ4v) is 3.31. The summed E-state index contributed by atoms with van der Waals surface area (Å²) < 4.78 is 16.7. The van der Waals surface area contributed by atoms with Gasteiger partial charge in [-0.05, 0) is 85.1 Å². The van der Waals surface area contributed by atoms with Crippen molar-refractivity contribution in [2.45, 2.75) is 27.7 Å². The van der Waals surface area contributed by atoms with Crippen molar-refractivity contribution in [3.63, 3.8) is 0 Å². The third kappa shape index (κ3) is 3.37. The molecule has 0 unspecified atom stereocenters. The van der Waals surface area contributed by atoms with Crippen molar-refractivity contribution in [2.75, 3.05) is 21.3 Å². The molecule has 0 saturated heterocycles. The van der Waals surface area contributed by atoms with E-state index in [4.69, 9.17) is 14.1 Å². The second-order valence-corrected chi connectivity index (χ2v) is 5.97. The molecule has 0 aliphatic rings. The van der Waals surface area contributed by atoms with Gasteiger partial charge in [0.1, 0.15) is 11.5 Å². The van der Waals surface area contributed by atoms with Crippen molar-refractivity contribution >= 4 is 17.8 Å². The van der Waals surface area contributed by atoms with E-state index in [-0.39, 0.29) is 6.92 Å². The zero-order chi connectivity index (χ0) is 17.1. The molecule has 2 rings (SSSR count). The molecular weight excluding hydrogens is 287 g/mol. The van der Waals surface area contributed by atoms with E-state index in [0.717, 1.165) is 11.5 Å². The van der Waals surface area contributed by atoms with Gasteiger partial charge in [0.05, 0.1) is 14.2 Å². The Kier molecular flexibility index (Phi) is 5.37. The van der Waals surface area contributed by atoms with Crippen molar-refractivity contribution < 1.29 is 14.1 Å². The van der Waals surface area contributed by atoms with E-state index in [0.29, 0.717) is 0 Å². The summed E-state index contributed by atoms with van der Waals surface area (Å²) in [5.74, 6) is 1.75.